The molecular formula is C10H8Cl2N4O2S. The summed E-state index contributed by atoms with van der Waals surface area (Å²) in [4.78, 5) is 7.30. The van der Waals surface area contributed by atoms with Crippen LogP contribution in [-0.2, 0) is 10.0 Å². The van der Waals surface area contributed by atoms with Gasteiger partial charge in [-0.15, -0.1) is 0 Å². The molecule has 0 fully saturated rings. The summed E-state index contributed by atoms with van der Waals surface area (Å²) in [5, 5.41) is 0.183. The summed E-state index contributed by atoms with van der Waals surface area (Å²) in [5.74, 6) is 0.0629. The second-order valence-corrected chi connectivity index (χ2v) is 5.96. The van der Waals surface area contributed by atoms with Crippen LogP contribution in [0.3, 0.4) is 0 Å². The maximum absolute atomic E-state index is 12.2. The molecule has 0 spiro atoms. The third kappa shape index (κ3) is 3.06. The highest BCUT2D eigenvalue weighted by Gasteiger charge is 2.22. The Morgan fingerprint density at radius 1 is 1.21 bits per heavy atom. The van der Waals surface area contributed by atoms with Gasteiger partial charge in [0.15, 0.2) is 5.82 Å². The van der Waals surface area contributed by atoms with Crippen molar-refractivity contribution in [3.63, 3.8) is 0 Å². The topological polar surface area (TPSA) is 98.0 Å². The van der Waals surface area contributed by atoms with Gasteiger partial charge in [-0.2, -0.15) is 0 Å². The summed E-state index contributed by atoms with van der Waals surface area (Å²) in [7, 11) is -3.96. The quantitative estimate of drug-likeness (QED) is 0.845. The van der Waals surface area contributed by atoms with Crippen molar-refractivity contribution in [2.75, 3.05) is 10.5 Å². The smallest absolute Gasteiger partial charge is 0.266 e. The van der Waals surface area contributed by atoms with E-state index >= 15 is 0 Å². The van der Waals surface area contributed by atoms with Crippen LogP contribution in [-0.4, -0.2) is 18.4 Å². The van der Waals surface area contributed by atoms with Crippen molar-refractivity contribution < 1.29 is 8.42 Å². The van der Waals surface area contributed by atoms with E-state index in [9.17, 15) is 8.42 Å². The second kappa shape index (κ2) is 5.20. The number of rotatable bonds is 3. The zero-order valence-corrected chi connectivity index (χ0v) is 11.7. The molecule has 1 heterocycles. The van der Waals surface area contributed by atoms with Gasteiger partial charge >= 0.3 is 0 Å². The zero-order valence-electron chi connectivity index (χ0n) is 9.34. The Bertz CT molecular complexity index is 684. The summed E-state index contributed by atoms with van der Waals surface area (Å²) in [5.41, 5.74) is 5.59. The molecule has 100 valence electrons. The summed E-state index contributed by atoms with van der Waals surface area (Å²) in [6.07, 6.45) is 4.03. The summed E-state index contributed by atoms with van der Waals surface area (Å²) in [6, 6.07) is 2.60. The van der Waals surface area contributed by atoms with Crippen molar-refractivity contribution >= 4 is 44.7 Å². The van der Waals surface area contributed by atoms with Gasteiger partial charge in [0.05, 0.1) is 16.9 Å². The molecule has 0 amide bonds. The van der Waals surface area contributed by atoms with Crippen LogP contribution in [0, 0.1) is 0 Å². The highest BCUT2D eigenvalue weighted by molar-refractivity contribution is 7.93. The first-order valence-electron chi connectivity index (χ1n) is 4.93. The molecule has 0 aliphatic rings. The van der Waals surface area contributed by atoms with Crippen molar-refractivity contribution in [1.29, 1.82) is 0 Å². The minimum absolute atomic E-state index is 0.0473. The Kier molecular flexibility index (Phi) is 3.79. The highest BCUT2D eigenvalue weighted by Crippen LogP contribution is 2.31. The van der Waals surface area contributed by atoms with E-state index in [2.05, 4.69) is 14.7 Å². The molecule has 9 heteroatoms. The van der Waals surface area contributed by atoms with E-state index in [1.807, 2.05) is 0 Å². The third-order valence-corrected chi connectivity index (χ3v) is 4.21. The van der Waals surface area contributed by atoms with E-state index in [1.165, 1.54) is 30.7 Å². The van der Waals surface area contributed by atoms with Gasteiger partial charge in [-0.1, -0.05) is 23.2 Å². The molecule has 19 heavy (non-hydrogen) atoms. The molecular weight excluding hydrogens is 311 g/mol. The zero-order chi connectivity index (χ0) is 14.0. The van der Waals surface area contributed by atoms with Gasteiger partial charge in [0, 0.05) is 17.4 Å². The SMILES string of the molecule is Nc1cc(Cl)cc(Cl)c1S(=O)(=O)Nc1cnccn1. The molecule has 0 unspecified atom stereocenters. The van der Waals surface area contributed by atoms with Crippen LogP contribution in [0.5, 0.6) is 0 Å². The average Bonchev–Trinajstić information content (AvgIpc) is 2.27. The largest absolute Gasteiger partial charge is 0.398 e. The van der Waals surface area contributed by atoms with Crippen LogP contribution in [0.4, 0.5) is 11.5 Å². The number of nitrogens with zero attached hydrogens (tertiary/aromatic N) is 2. The van der Waals surface area contributed by atoms with Crippen LogP contribution in [0.15, 0.2) is 35.6 Å². The van der Waals surface area contributed by atoms with E-state index in [0.29, 0.717) is 0 Å². The van der Waals surface area contributed by atoms with Gasteiger partial charge in [-0.05, 0) is 12.1 Å². The van der Waals surface area contributed by atoms with Gasteiger partial charge in [-0.3, -0.25) is 9.71 Å². The fraction of sp³-hybridized carbons (Fsp3) is 0. The van der Waals surface area contributed by atoms with Crippen molar-refractivity contribution in [2.24, 2.45) is 0 Å². The number of hydrogen-bond acceptors (Lipinski definition) is 5. The van der Waals surface area contributed by atoms with E-state index in [-0.39, 0.29) is 26.4 Å². The first-order chi connectivity index (χ1) is 8.90. The Labute approximate surface area is 119 Å². The van der Waals surface area contributed by atoms with Gasteiger partial charge in [0.1, 0.15) is 4.90 Å². The molecule has 0 atom stereocenters. The number of benzene rings is 1. The first-order valence-corrected chi connectivity index (χ1v) is 7.17. The monoisotopic (exact) mass is 318 g/mol. The molecule has 0 radical (unpaired) electrons. The maximum atomic E-state index is 12.2. The molecule has 0 aliphatic heterocycles. The second-order valence-electron chi connectivity index (χ2n) is 3.50. The Morgan fingerprint density at radius 2 is 1.95 bits per heavy atom. The molecule has 2 rings (SSSR count). The molecule has 2 aromatic rings. The normalized spacial score (nSPS) is 11.3. The molecule has 6 nitrogen and oxygen atoms in total. The Hall–Kier alpha value is -1.57. The Morgan fingerprint density at radius 3 is 2.53 bits per heavy atom. The third-order valence-electron chi connectivity index (χ3n) is 2.11. The number of nitrogen functional groups attached to an aromatic ring is 1. The molecule has 0 saturated heterocycles. The van der Waals surface area contributed by atoms with E-state index in [0.717, 1.165) is 0 Å². The minimum atomic E-state index is -3.96. The van der Waals surface area contributed by atoms with Crippen molar-refractivity contribution in [3.05, 3.63) is 40.8 Å². The predicted octanol–water partition coefficient (Wildman–Crippen LogP) is 2.17. The number of sulfonamides is 1. The summed E-state index contributed by atoms with van der Waals surface area (Å²) >= 11 is 11.6. The van der Waals surface area contributed by atoms with Gasteiger partial charge in [0.25, 0.3) is 10.0 Å². The van der Waals surface area contributed by atoms with Crippen LogP contribution >= 0.6 is 23.2 Å². The lowest BCUT2D eigenvalue weighted by molar-refractivity contribution is 0.601. The summed E-state index contributed by atoms with van der Waals surface area (Å²) < 4.78 is 26.6. The number of hydrogen-bond donors (Lipinski definition) is 2. The fourth-order valence-electron chi connectivity index (χ4n) is 1.40. The minimum Gasteiger partial charge on any atom is -0.398 e. The van der Waals surface area contributed by atoms with Gasteiger partial charge in [0.2, 0.25) is 0 Å². The van der Waals surface area contributed by atoms with Crippen LogP contribution in [0.1, 0.15) is 0 Å². The van der Waals surface area contributed by atoms with Crippen LogP contribution in [0.2, 0.25) is 10.0 Å². The molecule has 1 aromatic heterocycles. The molecule has 3 N–H and O–H groups in total. The van der Waals surface area contributed by atoms with Gasteiger partial charge < -0.3 is 5.73 Å². The molecule has 1 aromatic carbocycles. The van der Waals surface area contributed by atoms with Crippen molar-refractivity contribution in [1.82, 2.24) is 9.97 Å². The number of nitrogens with two attached hydrogens (primary N) is 1. The van der Waals surface area contributed by atoms with E-state index in [1.54, 1.807) is 0 Å². The lowest BCUT2D eigenvalue weighted by Gasteiger charge is -2.11. The lowest BCUT2D eigenvalue weighted by Crippen LogP contribution is -2.16. The highest BCUT2D eigenvalue weighted by atomic mass is 35.5. The van der Waals surface area contributed by atoms with Crippen LogP contribution < -0.4 is 10.5 Å². The standard InChI is InChI=1S/C10H8Cl2N4O2S/c11-6-3-7(12)10(8(13)4-6)19(17,18)16-9-5-14-1-2-15-9/h1-5H,13H2,(H,15,16). The number of anilines is 2. The Balaban J connectivity index is 2.46. The molecule has 0 aliphatic carbocycles. The molecule has 0 saturated carbocycles. The van der Waals surface area contributed by atoms with Crippen molar-refractivity contribution in [3.8, 4) is 0 Å². The number of aromatic nitrogens is 2. The first kappa shape index (κ1) is 13.9. The summed E-state index contributed by atoms with van der Waals surface area (Å²) in [6.45, 7) is 0. The predicted molar refractivity (Wildman–Crippen MR) is 73.7 cm³/mol. The molecule has 0 bridgehead atoms. The van der Waals surface area contributed by atoms with E-state index < -0.39 is 10.0 Å². The number of halogens is 2. The maximum Gasteiger partial charge on any atom is 0.266 e. The van der Waals surface area contributed by atoms with E-state index in [4.69, 9.17) is 28.9 Å². The van der Waals surface area contributed by atoms with Crippen molar-refractivity contribution in [2.45, 2.75) is 4.90 Å². The van der Waals surface area contributed by atoms with Gasteiger partial charge in [-0.25, -0.2) is 13.4 Å². The number of nitrogens with one attached hydrogen (secondary N) is 1. The average molecular weight is 319 g/mol. The fourth-order valence-corrected chi connectivity index (χ4v) is 3.39. The lowest BCUT2D eigenvalue weighted by atomic mass is 10.3. The van der Waals surface area contributed by atoms with Crippen LogP contribution in [0.25, 0.3) is 0 Å².